The van der Waals surface area contributed by atoms with Crippen LogP contribution in [0.4, 0.5) is 0 Å². The van der Waals surface area contributed by atoms with Gasteiger partial charge in [-0.2, -0.15) is 5.10 Å². The van der Waals surface area contributed by atoms with E-state index in [4.69, 9.17) is 5.10 Å². The van der Waals surface area contributed by atoms with E-state index in [0.29, 0.717) is 5.92 Å². The van der Waals surface area contributed by atoms with Crippen LogP contribution in [0.2, 0.25) is 0 Å². The van der Waals surface area contributed by atoms with Gasteiger partial charge in [0, 0.05) is 16.6 Å². The Morgan fingerprint density at radius 2 is 1.76 bits per heavy atom. The van der Waals surface area contributed by atoms with E-state index < -0.39 is 0 Å². The maximum absolute atomic E-state index is 11.4. The van der Waals surface area contributed by atoms with E-state index in [2.05, 4.69) is 15.9 Å². The molecule has 1 aliphatic rings. The highest BCUT2D eigenvalue weighted by molar-refractivity contribution is 9.10. The maximum atomic E-state index is 11.4. The summed E-state index contributed by atoms with van der Waals surface area (Å²) in [7, 11) is 0. The van der Waals surface area contributed by atoms with E-state index in [9.17, 15) is 4.79 Å². The summed E-state index contributed by atoms with van der Waals surface area (Å²) >= 11 is 3.44. The van der Waals surface area contributed by atoms with E-state index in [0.717, 1.165) is 40.5 Å². The lowest BCUT2D eigenvalue weighted by molar-refractivity contribution is 0.112. The standard InChI is InChI=1S/C17H19BrN2O/c18-15-7-9-16(10-8-15)20-11-14(12-21)17(19-20)13-5-3-1-2-4-6-13/h7-13H,1-6H2. The number of rotatable bonds is 3. The monoisotopic (exact) mass is 346 g/mol. The van der Waals surface area contributed by atoms with Gasteiger partial charge in [-0.25, -0.2) is 4.68 Å². The maximum Gasteiger partial charge on any atom is 0.153 e. The molecule has 0 aliphatic heterocycles. The molecule has 1 aliphatic carbocycles. The molecule has 1 heterocycles. The van der Waals surface area contributed by atoms with Crippen LogP contribution in [0.5, 0.6) is 0 Å². The first-order valence-corrected chi connectivity index (χ1v) is 8.38. The number of hydrogen-bond donors (Lipinski definition) is 0. The Morgan fingerprint density at radius 3 is 2.38 bits per heavy atom. The molecule has 110 valence electrons. The highest BCUT2D eigenvalue weighted by Crippen LogP contribution is 2.32. The van der Waals surface area contributed by atoms with E-state index in [-0.39, 0.29) is 0 Å². The van der Waals surface area contributed by atoms with Gasteiger partial charge >= 0.3 is 0 Å². The Bertz CT molecular complexity index is 610. The minimum Gasteiger partial charge on any atom is -0.298 e. The Kier molecular flexibility index (Phi) is 4.54. The molecule has 0 atom stereocenters. The second kappa shape index (κ2) is 6.56. The molecule has 1 saturated carbocycles. The van der Waals surface area contributed by atoms with Crippen LogP contribution in [0.1, 0.15) is 60.5 Å². The fourth-order valence-corrected chi connectivity index (χ4v) is 3.35. The topological polar surface area (TPSA) is 34.9 Å². The largest absolute Gasteiger partial charge is 0.298 e. The third kappa shape index (κ3) is 3.26. The molecule has 1 aromatic heterocycles. The van der Waals surface area contributed by atoms with E-state index in [1.165, 1.54) is 25.7 Å². The molecule has 3 nitrogen and oxygen atoms in total. The number of halogens is 1. The van der Waals surface area contributed by atoms with Crippen molar-refractivity contribution in [1.82, 2.24) is 9.78 Å². The Morgan fingerprint density at radius 1 is 1.10 bits per heavy atom. The molecule has 4 heteroatoms. The number of nitrogens with zero attached hydrogens (tertiary/aromatic N) is 2. The SMILES string of the molecule is O=Cc1cn(-c2ccc(Br)cc2)nc1C1CCCCCC1. The van der Waals surface area contributed by atoms with Gasteiger partial charge in [-0.15, -0.1) is 0 Å². The van der Waals surface area contributed by atoms with Crippen molar-refractivity contribution in [2.45, 2.75) is 44.4 Å². The minimum absolute atomic E-state index is 0.435. The summed E-state index contributed by atoms with van der Waals surface area (Å²) in [6.45, 7) is 0. The molecule has 0 spiro atoms. The van der Waals surface area contributed by atoms with Crippen molar-refractivity contribution in [1.29, 1.82) is 0 Å². The number of carbonyl (C=O) groups is 1. The average Bonchev–Trinajstić information content (AvgIpc) is 2.75. The molecule has 1 fully saturated rings. The summed E-state index contributed by atoms with van der Waals surface area (Å²) in [5.74, 6) is 0.435. The molecule has 0 N–H and O–H groups in total. The molecular weight excluding hydrogens is 328 g/mol. The fourth-order valence-electron chi connectivity index (χ4n) is 3.09. The molecule has 1 aromatic carbocycles. The van der Waals surface area contributed by atoms with E-state index >= 15 is 0 Å². The zero-order valence-electron chi connectivity index (χ0n) is 12.0. The molecule has 0 amide bonds. The van der Waals surface area contributed by atoms with Crippen molar-refractivity contribution < 1.29 is 4.79 Å². The molecular formula is C17H19BrN2O. The lowest BCUT2D eigenvalue weighted by Crippen LogP contribution is -2.02. The van der Waals surface area contributed by atoms with Crippen LogP contribution in [0.3, 0.4) is 0 Å². The second-order valence-corrected chi connectivity index (χ2v) is 6.61. The van der Waals surface area contributed by atoms with Crippen molar-refractivity contribution in [2.75, 3.05) is 0 Å². The normalized spacial score (nSPS) is 16.6. The van der Waals surface area contributed by atoms with Crippen LogP contribution in [-0.2, 0) is 0 Å². The summed E-state index contributed by atoms with van der Waals surface area (Å²) in [6.07, 6.45) is 10.2. The van der Waals surface area contributed by atoms with Gasteiger partial charge in [0.2, 0.25) is 0 Å². The Labute approximate surface area is 133 Å². The number of aldehydes is 1. The lowest BCUT2D eigenvalue weighted by Gasteiger charge is -2.11. The zero-order chi connectivity index (χ0) is 14.7. The molecule has 21 heavy (non-hydrogen) atoms. The van der Waals surface area contributed by atoms with Crippen molar-refractivity contribution in [3.05, 3.63) is 46.2 Å². The molecule has 0 bridgehead atoms. The predicted molar refractivity (Wildman–Crippen MR) is 87.1 cm³/mol. The van der Waals surface area contributed by atoms with Gasteiger partial charge in [-0.3, -0.25) is 4.79 Å². The molecule has 0 unspecified atom stereocenters. The minimum atomic E-state index is 0.435. The molecule has 0 saturated heterocycles. The van der Waals surface area contributed by atoms with Gasteiger partial charge < -0.3 is 0 Å². The van der Waals surface area contributed by atoms with Gasteiger partial charge in [0.25, 0.3) is 0 Å². The summed E-state index contributed by atoms with van der Waals surface area (Å²) in [5, 5.41) is 4.72. The van der Waals surface area contributed by atoms with Gasteiger partial charge in [0.1, 0.15) is 0 Å². The summed E-state index contributed by atoms with van der Waals surface area (Å²) in [5.41, 5.74) is 2.71. The van der Waals surface area contributed by atoms with Crippen LogP contribution < -0.4 is 0 Å². The highest BCUT2D eigenvalue weighted by Gasteiger charge is 2.21. The molecule has 0 radical (unpaired) electrons. The van der Waals surface area contributed by atoms with Crippen molar-refractivity contribution >= 4 is 22.2 Å². The van der Waals surface area contributed by atoms with Crippen LogP contribution in [0.25, 0.3) is 5.69 Å². The van der Waals surface area contributed by atoms with E-state index in [1.54, 1.807) is 0 Å². The summed E-state index contributed by atoms with van der Waals surface area (Å²) < 4.78 is 2.87. The summed E-state index contributed by atoms with van der Waals surface area (Å²) in [6, 6.07) is 7.98. The van der Waals surface area contributed by atoms with Crippen LogP contribution in [0, 0.1) is 0 Å². The third-order valence-electron chi connectivity index (χ3n) is 4.23. The fraction of sp³-hybridized carbons (Fsp3) is 0.412. The van der Waals surface area contributed by atoms with Crippen molar-refractivity contribution in [3.63, 3.8) is 0 Å². The Balaban J connectivity index is 1.93. The highest BCUT2D eigenvalue weighted by atomic mass is 79.9. The number of aromatic nitrogens is 2. The number of carbonyl (C=O) groups excluding carboxylic acids is 1. The average molecular weight is 347 g/mol. The first kappa shape index (κ1) is 14.5. The molecule has 2 aromatic rings. The third-order valence-corrected chi connectivity index (χ3v) is 4.76. The van der Waals surface area contributed by atoms with Gasteiger partial charge in [-0.05, 0) is 37.1 Å². The van der Waals surface area contributed by atoms with Crippen molar-refractivity contribution in [3.8, 4) is 5.69 Å². The van der Waals surface area contributed by atoms with Crippen LogP contribution in [-0.4, -0.2) is 16.1 Å². The first-order chi connectivity index (χ1) is 10.3. The lowest BCUT2D eigenvalue weighted by atomic mass is 9.94. The quantitative estimate of drug-likeness (QED) is 0.586. The number of benzene rings is 1. The van der Waals surface area contributed by atoms with Crippen molar-refractivity contribution in [2.24, 2.45) is 0 Å². The van der Waals surface area contributed by atoms with Crippen LogP contribution in [0.15, 0.2) is 34.9 Å². The van der Waals surface area contributed by atoms with Gasteiger partial charge in [0.05, 0.1) is 16.9 Å². The smallest absolute Gasteiger partial charge is 0.153 e. The Hall–Kier alpha value is -1.42. The second-order valence-electron chi connectivity index (χ2n) is 5.70. The molecule has 3 rings (SSSR count). The summed E-state index contributed by atoms with van der Waals surface area (Å²) in [4.78, 5) is 11.4. The van der Waals surface area contributed by atoms with Gasteiger partial charge in [-0.1, -0.05) is 41.6 Å². The van der Waals surface area contributed by atoms with E-state index in [1.807, 2.05) is 35.1 Å². The zero-order valence-corrected chi connectivity index (χ0v) is 13.6. The first-order valence-electron chi connectivity index (χ1n) is 7.58. The van der Waals surface area contributed by atoms with Gasteiger partial charge in [0.15, 0.2) is 6.29 Å². The predicted octanol–water partition coefficient (Wildman–Crippen LogP) is 4.89. The number of hydrogen-bond acceptors (Lipinski definition) is 2. The van der Waals surface area contributed by atoms with Crippen LogP contribution >= 0.6 is 15.9 Å².